The van der Waals surface area contributed by atoms with Gasteiger partial charge in [0.2, 0.25) is 0 Å². The summed E-state index contributed by atoms with van der Waals surface area (Å²) in [5.41, 5.74) is 1.22. The van der Waals surface area contributed by atoms with E-state index in [-0.39, 0.29) is 0 Å². The van der Waals surface area contributed by atoms with E-state index in [0.717, 1.165) is 6.54 Å². The fourth-order valence-electron chi connectivity index (χ4n) is 1.88. The highest BCUT2D eigenvalue weighted by Crippen LogP contribution is 2.25. The van der Waals surface area contributed by atoms with Gasteiger partial charge in [0.25, 0.3) is 0 Å². The van der Waals surface area contributed by atoms with Gasteiger partial charge >= 0.3 is 0 Å². The highest BCUT2D eigenvalue weighted by molar-refractivity contribution is 6.11. The van der Waals surface area contributed by atoms with Crippen LogP contribution in [-0.4, -0.2) is 20.8 Å². The summed E-state index contributed by atoms with van der Waals surface area (Å²) in [6.45, 7) is 3.05. The minimum atomic E-state index is 0.560. The van der Waals surface area contributed by atoms with Gasteiger partial charge in [-0.3, -0.25) is 0 Å². The minimum Gasteiger partial charge on any atom is -0.380 e. The maximum atomic E-state index is 5.73. The molecule has 2 heteroatoms. The SMILES string of the molecule is [B]CN(CC)c1cccc2ccccc12. The third-order valence-corrected chi connectivity index (χ3v) is 2.71. The average Bonchev–Trinajstić information content (AvgIpc) is 2.31. The smallest absolute Gasteiger partial charge is 0.0942 e. The van der Waals surface area contributed by atoms with Crippen molar-refractivity contribution in [2.24, 2.45) is 0 Å². The number of hydrogen-bond acceptors (Lipinski definition) is 1. The van der Waals surface area contributed by atoms with Crippen molar-refractivity contribution in [1.82, 2.24) is 0 Å². The summed E-state index contributed by atoms with van der Waals surface area (Å²) in [6.07, 6.45) is 0.560. The molecule has 0 saturated carbocycles. The highest BCUT2D eigenvalue weighted by Gasteiger charge is 2.04. The van der Waals surface area contributed by atoms with Gasteiger partial charge in [0.15, 0.2) is 0 Å². The minimum absolute atomic E-state index is 0.560. The molecule has 0 aliphatic rings. The Morgan fingerprint density at radius 2 is 1.80 bits per heavy atom. The van der Waals surface area contributed by atoms with Crippen molar-refractivity contribution in [3.8, 4) is 0 Å². The number of rotatable bonds is 3. The Hall–Kier alpha value is -1.44. The fourth-order valence-corrected chi connectivity index (χ4v) is 1.88. The Labute approximate surface area is 92.1 Å². The highest BCUT2D eigenvalue weighted by atomic mass is 15.1. The first kappa shape index (κ1) is 10.1. The van der Waals surface area contributed by atoms with E-state index in [1.165, 1.54) is 16.5 Å². The van der Waals surface area contributed by atoms with Crippen LogP contribution in [0, 0.1) is 0 Å². The summed E-state index contributed by atoms with van der Waals surface area (Å²) in [5.74, 6) is 0. The predicted octanol–water partition coefficient (Wildman–Crippen LogP) is 2.79. The van der Waals surface area contributed by atoms with Gasteiger partial charge < -0.3 is 4.90 Å². The van der Waals surface area contributed by atoms with Crippen molar-refractivity contribution in [3.63, 3.8) is 0 Å². The molecule has 2 aromatic rings. The number of hydrogen-bond donors (Lipinski definition) is 0. The molecule has 2 radical (unpaired) electrons. The monoisotopic (exact) mass is 195 g/mol. The molecule has 0 aliphatic heterocycles. The van der Waals surface area contributed by atoms with Crippen molar-refractivity contribution in [1.29, 1.82) is 0 Å². The van der Waals surface area contributed by atoms with Crippen LogP contribution < -0.4 is 4.90 Å². The van der Waals surface area contributed by atoms with Gasteiger partial charge in [0, 0.05) is 17.6 Å². The van der Waals surface area contributed by atoms with Crippen LogP contribution in [0.25, 0.3) is 10.8 Å². The topological polar surface area (TPSA) is 3.24 Å². The van der Waals surface area contributed by atoms with Gasteiger partial charge in [0.05, 0.1) is 7.85 Å². The normalized spacial score (nSPS) is 10.5. The quantitative estimate of drug-likeness (QED) is 0.680. The van der Waals surface area contributed by atoms with Crippen LogP contribution in [0.5, 0.6) is 0 Å². The number of nitrogens with zero attached hydrogens (tertiary/aromatic N) is 1. The third kappa shape index (κ3) is 1.85. The summed E-state index contributed by atoms with van der Waals surface area (Å²) in [7, 11) is 5.73. The van der Waals surface area contributed by atoms with Crippen LogP contribution in [0.2, 0.25) is 0 Å². The molecule has 0 spiro atoms. The maximum absolute atomic E-state index is 5.73. The second-order valence-electron chi connectivity index (χ2n) is 3.54. The van der Waals surface area contributed by atoms with Crippen molar-refractivity contribution in [3.05, 3.63) is 42.5 Å². The Morgan fingerprint density at radius 1 is 1.07 bits per heavy atom. The second-order valence-corrected chi connectivity index (χ2v) is 3.54. The molecule has 0 aliphatic carbocycles. The van der Waals surface area contributed by atoms with Crippen LogP contribution in [-0.2, 0) is 0 Å². The third-order valence-electron chi connectivity index (χ3n) is 2.71. The molecule has 1 nitrogen and oxygen atoms in total. The molecule has 2 rings (SSSR count). The number of fused-ring (bicyclic) bond motifs is 1. The molecule has 0 saturated heterocycles. The second kappa shape index (κ2) is 4.39. The summed E-state index contributed by atoms with van der Waals surface area (Å²) in [4.78, 5) is 2.17. The lowest BCUT2D eigenvalue weighted by Crippen LogP contribution is -2.23. The van der Waals surface area contributed by atoms with E-state index in [9.17, 15) is 0 Å². The van der Waals surface area contributed by atoms with E-state index < -0.39 is 0 Å². The van der Waals surface area contributed by atoms with E-state index in [4.69, 9.17) is 7.85 Å². The van der Waals surface area contributed by atoms with E-state index in [1.54, 1.807) is 0 Å². The van der Waals surface area contributed by atoms with Gasteiger partial charge in [-0.05, 0) is 24.8 Å². The van der Waals surface area contributed by atoms with E-state index in [1.807, 2.05) is 0 Å². The Balaban J connectivity index is 2.59. The summed E-state index contributed by atoms with van der Waals surface area (Å²) >= 11 is 0. The first-order valence-corrected chi connectivity index (χ1v) is 5.29. The summed E-state index contributed by atoms with van der Waals surface area (Å²) in [6, 6.07) is 14.7. The fraction of sp³-hybridized carbons (Fsp3) is 0.231. The first-order chi connectivity index (χ1) is 7.36. The molecule has 0 unspecified atom stereocenters. The van der Waals surface area contributed by atoms with E-state index in [2.05, 4.69) is 54.3 Å². The molecular weight excluding hydrogens is 181 g/mol. The molecule has 74 valence electrons. The zero-order valence-corrected chi connectivity index (χ0v) is 8.98. The molecule has 0 amide bonds. The van der Waals surface area contributed by atoms with Crippen LogP contribution in [0.4, 0.5) is 5.69 Å². The average molecular weight is 195 g/mol. The molecule has 0 bridgehead atoms. The molecule has 0 fully saturated rings. The van der Waals surface area contributed by atoms with Gasteiger partial charge in [-0.25, -0.2) is 0 Å². The molecule has 2 aromatic carbocycles. The Kier molecular flexibility index (Phi) is 2.95. The van der Waals surface area contributed by atoms with E-state index >= 15 is 0 Å². The standard InChI is InChI=1S/C13H14BN/c1-2-15(10-14)13-9-5-7-11-6-3-4-8-12(11)13/h3-9H,2,10H2,1H3. The van der Waals surface area contributed by atoms with Crippen molar-refractivity contribution in [2.75, 3.05) is 17.9 Å². The van der Waals surface area contributed by atoms with E-state index in [0.29, 0.717) is 6.44 Å². The van der Waals surface area contributed by atoms with Crippen LogP contribution >= 0.6 is 0 Å². The number of benzene rings is 2. The van der Waals surface area contributed by atoms with Crippen molar-refractivity contribution >= 4 is 24.3 Å². The molecule has 0 heterocycles. The zero-order valence-electron chi connectivity index (χ0n) is 8.98. The van der Waals surface area contributed by atoms with Crippen LogP contribution in [0.3, 0.4) is 0 Å². The van der Waals surface area contributed by atoms with Gasteiger partial charge in [-0.2, -0.15) is 0 Å². The number of anilines is 1. The Morgan fingerprint density at radius 3 is 2.53 bits per heavy atom. The molecule has 0 aromatic heterocycles. The lowest BCUT2D eigenvalue weighted by molar-refractivity contribution is 0.946. The van der Waals surface area contributed by atoms with Crippen molar-refractivity contribution in [2.45, 2.75) is 6.92 Å². The molecular formula is C13H14BN. The summed E-state index contributed by atoms with van der Waals surface area (Å²) < 4.78 is 0. The molecule has 15 heavy (non-hydrogen) atoms. The maximum Gasteiger partial charge on any atom is 0.0942 e. The van der Waals surface area contributed by atoms with Crippen LogP contribution in [0.1, 0.15) is 6.92 Å². The largest absolute Gasteiger partial charge is 0.380 e. The van der Waals surface area contributed by atoms with Gasteiger partial charge in [-0.15, -0.1) is 0 Å². The lowest BCUT2D eigenvalue weighted by Gasteiger charge is -2.23. The predicted molar refractivity (Wildman–Crippen MR) is 67.6 cm³/mol. The lowest BCUT2D eigenvalue weighted by atomic mass is 10.1. The van der Waals surface area contributed by atoms with Crippen molar-refractivity contribution < 1.29 is 0 Å². The van der Waals surface area contributed by atoms with Gasteiger partial charge in [0.1, 0.15) is 0 Å². The van der Waals surface area contributed by atoms with Crippen LogP contribution in [0.15, 0.2) is 42.5 Å². The Bertz CT molecular complexity index is 444. The zero-order chi connectivity index (χ0) is 10.7. The first-order valence-electron chi connectivity index (χ1n) is 5.29. The summed E-state index contributed by atoms with van der Waals surface area (Å²) in [5, 5.41) is 2.54. The molecule has 0 atom stereocenters. The van der Waals surface area contributed by atoms with Gasteiger partial charge in [-0.1, -0.05) is 36.4 Å². The molecule has 0 N–H and O–H groups in total.